The van der Waals surface area contributed by atoms with Crippen LogP contribution in [0.4, 0.5) is 9.52 Å². The molecular formula is C20H17FN2O3S2. The molecule has 1 aliphatic rings. The summed E-state index contributed by atoms with van der Waals surface area (Å²) in [5.41, 5.74) is 1.70. The molecular weight excluding hydrogens is 399 g/mol. The van der Waals surface area contributed by atoms with Crippen LogP contribution in [0.25, 0.3) is 11.3 Å². The topological polar surface area (TPSA) is 60.5 Å². The van der Waals surface area contributed by atoms with E-state index in [1.807, 2.05) is 23.6 Å². The van der Waals surface area contributed by atoms with Crippen LogP contribution in [0, 0.1) is 5.82 Å². The van der Waals surface area contributed by atoms with Gasteiger partial charge in [0.1, 0.15) is 5.82 Å². The molecule has 0 saturated carbocycles. The summed E-state index contributed by atoms with van der Waals surface area (Å²) in [6.07, 6.45) is 1.14. The van der Waals surface area contributed by atoms with E-state index in [0.29, 0.717) is 17.3 Å². The van der Waals surface area contributed by atoms with E-state index in [9.17, 15) is 9.18 Å². The summed E-state index contributed by atoms with van der Waals surface area (Å²) in [6.45, 7) is 0.233. The third-order valence-corrected chi connectivity index (χ3v) is 5.91. The summed E-state index contributed by atoms with van der Waals surface area (Å²) in [5, 5.41) is 5.32. The largest absolute Gasteiger partial charge is 0.454 e. The van der Waals surface area contributed by atoms with Crippen molar-refractivity contribution in [1.82, 2.24) is 4.98 Å². The number of ether oxygens (including phenoxy) is 2. The first kappa shape index (κ1) is 18.8. The van der Waals surface area contributed by atoms with E-state index in [1.165, 1.54) is 23.5 Å². The summed E-state index contributed by atoms with van der Waals surface area (Å²) in [6, 6.07) is 12.0. The number of amides is 1. The number of nitrogens with one attached hydrogen (secondary N) is 1. The third-order valence-electron chi connectivity index (χ3n) is 4.05. The third kappa shape index (κ3) is 4.63. The molecule has 2 aromatic carbocycles. The van der Waals surface area contributed by atoms with Gasteiger partial charge in [0.15, 0.2) is 16.6 Å². The molecule has 4 rings (SSSR count). The van der Waals surface area contributed by atoms with E-state index in [2.05, 4.69) is 10.3 Å². The van der Waals surface area contributed by atoms with Gasteiger partial charge < -0.3 is 14.8 Å². The predicted molar refractivity (Wildman–Crippen MR) is 109 cm³/mol. The fourth-order valence-electron chi connectivity index (χ4n) is 2.65. The molecule has 1 amide bonds. The first-order chi connectivity index (χ1) is 13.7. The fourth-order valence-corrected chi connectivity index (χ4v) is 4.24. The smallest absolute Gasteiger partial charge is 0.231 e. The van der Waals surface area contributed by atoms with Gasteiger partial charge in [0.05, 0.1) is 5.69 Å². The van der Waals surface area contributed by atoms with Gasteiger partial charge in [-0.1, -0.05) is 0 Å². The Balaban J connectivity index is 1.25. The Hall–Kier alpha value is -2.58. The van der Waals surface area contributed by atoms with Crippen LogP contribution >= 0.6 is 23.1 Å². The molecule has 28 heavy (non-hydrogen) atoms. The number of anilines is 1. The van der Waals surface area contributed by atoms with E-state index < -0.39 is 0 Å². The van der Waals surface area contributed by atoms with Crippen LogP contribution in [0.1, 0.15) is 12.8 Å². The van der Waals surface area contributed by atoms with Crippen molar-refractivity contribution in [1.29, 1.82) is 0 Å². The first-order valence-corrected chi connectivity index (χ1v) is 10.6. The van der Waals surface area contributed by atoms with Crippen LogP contribution in [0.3, 0.4) is 0 Å². The minimum Gasteiger partial charge on any atom is -0.454 e. The van der Waals surface area contributed by atoms with Crippen molar-refractivity contribution in [3.8, 4) is 22.8 Å². The second kappa shape index (κ2) is 8.62. The number of thioether (sulfide) groups is 1. The second-order valence-corrected chi connectivity index (χ2v) is 8.09. The molecule has 0 saturated heterocycles. The number of aromatic nitrogens is 1. The van der Waals surface area contributed by atoms with Crippen molar-refractivity contribution in [3.05, 3.63) is 53.7 Å². The molecule has 2 heterocycles. The van der Waals surface area contributed by atoms with Crippen LogP contribution in [0.2, 0.25) is 0 Å². The minimum absolute atomic E-state index is 0.0636. The van der Waals surface area contributed by atoms with Crippen molar-refractivity contribution < 1.29 is 18.7 Å². The van der Waals surface area contributed by atoms with E-state index in [-0.39, 0.29) is 18.5 Å². The van der Waals surface area contributed by atoms with E-state index >= 15 is 0 Å². The molecule has 0 atom stereocenters. The number of nitrogens with zero attached hydrogens (tertiary/aromatic N) is 1. The van der Waals surface area contributed by atoms with Gasteiger partial charge >= 0.3 is 0 Å². The predicted octanol–water partition coefficient (Wildman–Crippen LogP) is 5.19. The van der Waals surface area contributed by atoms with Crippen LogP contribution in [0.15, 0.2) is 52.7 Å². The molecule has 5 nitrogen and oxygen atoms in total. The SMILES string of the molecule is O=C(CCCSc1ccc(F)cc1)Nc1nc(-c2ccc3c(c2)OCO3)cs1. The number of carbonyl (C=O) groups excluding carboxylic acids is 1. The number of halogens is 1. The number of hydrogen-bond donors (Lipinski definition) is 1. The van der Waals surface area contributed by atoms with Gasteiger partial charge in [0.25, 0.3) is 0 Å². The zero-order chi connectivity index (χ0) is 19.3. The van der Waals surface area contributed by atoms with E-state index in [0.717, 1.165) is 34.1 Å². The summed E-state index contributed by atoms with van der Waals surface area (Å²) in [4.78, 5) is 17.6. The standard InChI is InChI=1S/C20H17FN2O3S2/c21-14-4-6-15(7-5-14)27-9-1-2-19(24)23-20-22-16(11-28-20)13-3-8-17-18(10-13)26-12-25-17/h3-8,10-11H,1-2,9,12H2,(H,22,23,24). The van der Waals surface area contributed by atoms with Crippen molar-refractivity contribution >= 4 is 34.1 Å². The number of hydrogen-bond acceptors (Lipinski definition) is 6. The van der Waals surface area contributed by atoms with Crippen LogP contribution in [-0.4, -0.2) is 23.4 Å². The molecule has 0 radical (unpaired) electrons. The van der Waals surface area contributed by atoms with Gasteiger partial charge in [-0.25, -0.2) is 9.37 Å². The molecule has 1 aromatic heterocycles. The number of thiazole rings is 1. The number of benzene rings is 2. The second-order valence-electron chi connectivity index (χ2n) is 6.06. The Morgan fingerprint density at radius 3 is 2.86 bits per heavy atom. The van der Waals surface area contributed by atoms with Gasteiger partial charge in [0.2, 0.25) is 12.7 Å². The van der Waals surface area contributed by atoms with Crippen LogP contribution < -0.4 is 14.8 Å². The highest BCUT2D eigenvalue weighted by Crippen LogP contribution is 2.36. The first-order valence-electron chi connectivity index (χ1n) is 8.71. The number of fused-ring (bicyclic) bond motifs is 1. The van der Waals surface area contributed by atoms with Gasteiger partial charge in [0, 0.05) is 22.3 Å². The summed E-state index contributed by atoms with van der Waals surface area (Å²) >= 11 is 2.99. The molecule has 1 aliphatic heterocycles. The zero-order valence-electron chi connectivity index (χ0n) is 14.8. The zero-order valence-corrected chi connectivity index (χ0v) is 16.4. The van der Waals surface area contributed by atoms with Crippen LogP contribution in [0.5, 0.6) is 11.5 Å². The van der Waals surface area contributed by atoms with Crippen molar-refractivity contribution in [2.75, 3.05) is 17.9 Å². The fraction of sp³-hybridized carbons (Fsp3) is 0.200. The Kier molecular flexibility index (Phi) is 5.78. The van der Waals surface area contributed by atoms with Gasteiger partial charge in [-0.3, -0.25) is 4.79 Å². The molecule has 0 aliphatic carbocycles. The van der Waals surface area contributed by atoms with Crippen molar-refractivity contribution in [2.24, 2.45) is 0 Å². The Labute approximate surface area is 169 Å². The average molecular weight is 416 g/mol. The molecule has 0 bridgehead atoms. The Morgan fingerprint density at radius 1 is 1.18 bits per heavy atom. The quantitative estimate of drug-likeness (QED) is 0.424. The lowest BCUT2D eigenvalue weighted by Gasteiger charge is -2.03. The monoisotopic (exact) mass is 416 g/mol. The summed E-state index contributed by atoms with van der Waals surface area (Å²) in [7, 11) is 0. The average Bonchev–Trinajstić information content (AvgIpc) is 3.35. The molecule has 8 heteroatoms. The lowest BCUT2D eigenvalue weighted by Crippen LogP contribution is -2.11. The highest BCUT2D eigenvalue weighted by atomic mass is 32.2. The van der Waals surface area contributed by atoms with Crippen LogP contribution in [-0.2, 0) is 4.79 Å². The summed E-state index contributed by atoms with van der Waals surface area (Å²) < 4.78 is 23.6. The van der Waals surface area contributed by atoms with Crippen molar-refractivity contribution in [2.45, 2.75) is 17.7 Å². The molecule has 1 N–H and O–H groups in total. The van der Waals surface area contributed by atoms with E-state index in [4.69, 9.17) is 9.47 Å². The van der Waals surface area contributed by atoms with Gasteiger partial charge in [-0.05, 0) is 54.6 Å². The maximum absolute atomic E-state index is 12.9. The summed E-state index contributed by atoms with van der Waals surface area (Å²) in [5.74, 6) is 1.92. The number of rotatable bonds is 7. The lowest BCUT2D eigenvalue weighted by molar-refractivity contribution is -0.116. The molecule has 144 valence electrons. The number of carbonyl (C=O) groups is 1. The van der Waals surface area contributed by atoms with Gasteiger partial charge in [-0.2, -0.15) is 0 Å². The minimum atomic E-state index is -0.243. The molecule has 0 unspecified atom stereocenters. The Morgan fingerprint density at radius 2 is 2.00 bits per heavy atom. The van der Waals surface area contributed by atoms with E-state index in [1.54, 1.807) is 23.9 Å². The maximum atomic E-state index is 12.9. The lowest BCUT2D eigenvalue weighted by atomic mass is 10.1. The molecule has 0 fully saturated rings. The molecule has 3 aromatic rings. The Bertz CT molecular complexity index is 976. The van der Waals surface area contributed by atoms with Gasteiger partial charge in [-0.15, -0.1) is 23.1 Å². The highest BCUT2D eigenvalue weighted by Gasteiger charge is 2.15. The highest BCUT2D eigenvalue weighted by molar-refractivity contribution is 7.99. The maximum Gasteiger partial charge on any atom is 0.231 e. The van der Waals surface area contributed by atoms with Crippen molar-refractivity contribution in [3.63, 3.8) is 0 Å². The normalized spacial score (nSPS) is 12.2. The molecule has 0 spiro atoms.